The molecule has 1 N–H and O–H groups in total. The van der Waals surface area contributed by atoms with E-state index in [4.69, 9.17) is 9.47 Å². The van der Waals surface area contributed by atoms with Crippen LogP contribution in [0.3, 0.4) is 0 Å². The van der Waals surface area contributed by atoms with Gasteiger partial charge in [0.15, 0.2) is 5.78 Å². The molecule has 5 rings (SSSR count). The first kappa shape index (κ1) is 27.7. The number of amides is 2. The Morgan fingerprint density at radius 3 is 2.73 bits per heavy atom. The van der Waals surface area contributed by atoms with E-state index in [1.54, 1.807) is 4.90 Å². The molecule has 0 radical (unpaired) electrons. The fourth-order valence-corrected chi connectivity index (χ4v) is 5.89. The van der Waals surface area contributed by atoms with E-state index in [2.05, 4.69) is 20.5 Å². The largest absolute Gasteiger partial charge is 0.444 e. The van der Waals surface area contributed by atoms with Crippen molar-refractivity contribution in [1.29, 1.82) is 0 Å². The van der Waals surface area contributed by atoms with Crippen molar-refractivity contribution in [3.05, 3.63) is 53.7 Å². The number of nitrogens with one attached hydrogen (secondary N) is 1. The number of aromatic nitrogens is 3. The molecule has 10 nitrogen and oxygen atoms in total. The number of fused-ring (bicyclic) bond motifs is 3. The molecule has 2 aliphatic rings. The minimum absolute atomic E-state index is 0.0738. The molecule has 1 fully saturated rings. The Kier molecular flexibility index (Phi) is 7.61. The average Bonchev–Trinajstić information content (AvgIpc) is 3.40. The number of alkyl carbamates (subject to hydrolysis) is 1. The number of piperidine rings is 1. The van der Waals surface area contributed by atoms with E-state index in [0.717, 1.165) is 53.7 Å². The Morgan fingerprint density at radius 2 is 1.95 bits per heavy atom. The number of rotatable bonds is 5. The van der Waals surface area contributed by atoms with Crippen molar-refractivity contribution >= 4 is 28.9 Å². The monoisotopic (exact) mass is 550 g/mol. The number of carbonyl (C=O) groups excluding carboxylic acids is 3. The SMILES string of the molecule is Cc1n(CC2CCc3c(c4ccccc4n3C)C2=O)cc[n+]1COC(=O)N1CCC[C@H](NC(=O)OC(C)(C)C)C1. The van der Waals surface area contributed by atoms with Gasteiger partial charge < -0.3 is 24.3 Å². The van der Waals surface area contributed by atoms with Crippen LogP contribution in [0.4, 0.5) is 9.59 Å². The summed E-state index contributed by atoms with van der Waals surface area (Å²) in [5.74, 6) is 0.999. The van der Waals surface area contributed by atoms with Gasteiger partial charge in [0, 0.05) is 55.3 Å². The Bertz CT molecular complexity index is 1430. The molecule has 0 saturated carbocycles. The molecule has 214 valence electrons. The van der Waals surface area contributed by atoms with Crippen molar-refractivity contribution < 1.29 is 28.4 Å². The highest BCUT2D eigenvalue weighted by molar-refractivity contribution is 6.11. The molecule has 2 amide bonds. The minimum Gasteiger partial charge on any atom is -0.444 e. The molecule has 1 unspecified atom stereocenters. The standard InChI is InChI=1S/C30H39N5O5/c1-20-33(17-21-12-13-25-26(27(21)36)23-10-6-7-11-24(23)32(25)5)15-16-35(20)19-39-29(38)34-14-8-9-22(18-34)31-28(37)40-30(2,3)4/h6-7,10-11,15-16,21-22H,8-9,12-14,17-19H2,1-5H3/p+1/t21?,22-/m0/s1. The van der Waals surface area contributed by atoms with Crippen molar-refractivity contribution in [3.8, 4) is 0 Å². The van der Waals surface area contributed by atoms with Crippen LogP contribution >= 0.6 is 0 Å². The van der Waals surface area contributed by atoms with E-state index in [-0.39, 0.29) is 24.5 Å². The number of likely N-dealkylation sites (tertiary alicyclic amines) is 1. The molecule has 40 heavy (non-hydrogen) atoms. The maximum absolute atomic E-state index is 13.6. The average molecular weight is 551 g/mol. The van der Waals surface area contributed by atoms with Gasteiger partial charge in [-0.2, -0.15) is 4.57 Å². The molecule has 10 heteroatoms. The van der Waals surface area contributed by atoms with Crippen molar-refractivity contribution in [3.63, 3.8) is 0 Å². The quantitative estimate of drug-likeness (QED) is 0.483. The summed E-state index contributed by atoms with van der Waals surface area (Å²) in [4.78, 5) is 40.2. The minimum atomic E-state index is -0.577. The maximum Gasteiger partial charge on any atom is 0.413 e. The third-order valence-electron chi connectivity index (χ3n) is 7.98. The molecule has 2 aromatic heterocycles. The van der Waals surface area contributed by atoms with Gasteiger partial charge in [-0.25, -0.2) is 14.2 Å². The number of hydrogen-bond acceptors (Lipinski definition) is 5. The number of carbonyl (C=O) groups is 3. The smallest absolute Gasteiger partial charge is 0.413 e. The second-order valence-electron chi connectivity index (χ2n) is 11.9. The summed E-state index contributed by atoms with van der Waals surface area (Å²) in [6, 6.07) is 7.92. The Hall–Kier alpha value is -3.82. The second-order valence-corrected chi connectivity index (χ2v) is 11.9. The van der Waals surface area contributed by atoms with Crippen LogP contribution in [0.15, 0.2) is 36.7 Å². The molecule has 1 aliphatic carbocycles. The molecular formula is C30H40N5O5+. The zero-order valence-corrected chi connectivity index (χ0v) is 24.1. The molecule has 2 atom stereocenters. The van der Waals surface area contributed by atoms with E-state index < -0.39 is 17.8 Å². The van der Waals surface area contributed by atoms with Crippen LogP contribution in [0.25, 0.3) is 10.9 Å². The van der Waals surface area contributed by atoms with Gasteiger partial charge in [0.05, 0.1) is 5.92 Å². The van der Waals surface area contributed by atoms with Crippen molar-refractivity contribution in [2.45, 2.75) is 78.3 Å². The molecule has 1 saturated heterocycles. The van der Waals surface area contributed by atoms with E-state index in [9.17, 15) is 14.4 Å². The Morgan fingerprint density at radius 1 is 1.18 bits per heavy atom. The third kappa shape index (κ3) is 5.71. The van der Waals surface area contributed by atoms with Crippen molar-refractivity contribution in [2.24, 2.45) is 13.0 Å². The van der Waals surface area contributed by atoms with Crippen LogP contribution in [-0.2, 0) is 36.2 Å². The topological polar surface area (TPSA) is 98.7 Å². The third-order valence-corrected chi connectivity index (χ3v) is 7.98. The lowest BCUT2D eigenvalue weighted by atomic mass is 9.85. The molecule has 0 bridgehead atoms. The summed E-state index contributed by atoms with van der Waals surface area (Å²) in [6.07, 6.45) is 6.14. The predicted molar refractivity (Wildman–Crippen MR) is 149 cm³/mol. The number of benzene rings is 1. The van der Waals surface area contributed by atoms with Gasteiger partial charge in [-0.3, -0.25) is 4.79 Å². The van der Waals surface area contributed by atoms with Crippen LogP contribution < -0.4 is 9.88 Å². The first-order valence-corrected chi connectivity index (χ1v) is 14.1. The Labute approximate surface area is 234 Å². The lowest BCUT2D eigenvalue weighted by Gasteiger charge is -2.32. The van der Waals surface area contributed by atoms with E-state index in [1.807, 2.05) is 69.9 Å². The molecular weight excluding hydrogens is 510 g/mol. The number of ketones is 1. The van der Waals surface area contributed by atoms with Gasteiger partial charge in [0.25, 0.3) is 5.82 Å². The highest BCUT2D eigenvalue weighted by Gasteiger charge is 2.34. The summed E-state index contributed by atoms with van der Waals surface area (Å²) in [5, 5.41) is 3.89. The molecule has 1 aromatic carbocycles. The number of imidazole rings is 1. The normalized spacial score (nSPS) is 19.4. The fraction of sp³-hybridized carbons (Fsp3) is 0.533. The molecule has 3 heterocycles. The van der Waals surface area contributed by atoms with E-state index in [1.165, 1.54) is 0 Å². The highest BCUT2D eigenvalue weighted by atomic mass is 16.6. The predicted octanol–water partition coefficient (Wildman–Crippen LogP) is 4.10. The number of ether oxygens (including phenoxy) is 2. The summed E-state index contributed by atoms with van der Waals surface area (Å²) in [5.41, 5.74) is 2.50. The van der Waals surface area contributed by atoms with Gasteiger partial charge in [0.2, 0.25) is 6.73 Å². The van der Waals surface area contributed by atoms with Crippen molar-refractivity contribution in [2.75, 3.05) is 13.1 Å². The maximum atomic E-state index is 13.6. The van der Waals surface area contributed by atoms with Crippen LogP contribution in [0.1, 0.15) is 61.9 Å². The van der Waals surface area contributed by atoms with Gasteiger partial charge >= 0.3 is 12.2 Å². The lowest BCUT2D eigenvalue weighted by molar-refractivity contribution is -0.732. The van der Waals surface area contributed by atoms with E-state index >= 15 is 0 Å². The zero-order valence-electron chi connectivity index (χ0n) is 24.1. The van der Waals surface area contributed by atoms with Gasteiger partial charge in [-0.15, -0.1) is 0 Å². The van der Waals surface area contributed by atoms with Gasteiger partial charge in [-0.05, 0) is 52.5 Å². The first-order valence-electron chi connectivity index (χ1n) is 14.1. The van der Waals surface area contributed by atoms with Crippen LogP contribution in [-0.4, -0.2) is 56.7 Å². The summed E-state index contributed by atoms with van der Waals surface area (Å²) >= 11 is 0. The van der Waals surface area contributed by atoms with Crippen LogP contribution in [0, 0.1) is 12.8 Å². The lowest BCUT2D eigenvalue weighted by Crippen LogP contribution is -2.51. The molecule has 1 aliphatic heterocycles. The number of Topliss-reactive ketones (excluding diaryl/α,β-unsaturated/α-hetero) is 1. The van der Waals surface area contributed by atoms with Crippen molar-refractivity contribution in [1.82, 2.24) is 19.4 Å². The van der Waals surface area contributed by atoms with Gasteiger partial charge in [-0.1, -0.05) is 18.2 Å². The number of hydrogen-bond donors (Lipinski definition) is 1. The summed E-state index contributed by atoms with van der Waals surface area (Å²) in [7, 11) is 2.04. The summed E-state index contributed by atoms with van der Waals surface area (Å²) < 4.78 is 17.1. The van der Waals surface area contributed by atoms with Crippen LogP contribution in [0.5, 0.6) is 0 Å². The number of aryl methyl sites for hydroxylation is 1. The Balaban J connectivity index is 1.17. The van der Waals surface area contributed by atoms with Gasteiger partial charge in [0.1, 0.15) is 24.5 Å². The first-order chi connectivity index (χ1) is 19.0. The van der Waals surface area contributed by atoms with Crippen LogP contribution in [0.2, 0.25) is 0 Å². The number of nitrogens with zero attached hydrogens (tertiary/aromatic N) is 4. The molecule has 3 aromatic rings. The number of para-hydroxylation sites is 1. The summed E-state index contributed by atoms with van der Waals surface area (Å²) in [6.45, 7) is 9.03. The second kappa shape index (κ2) is 11.0. The van der Waals surface area contributed by atoms with E-state index in [0.29, 0.717) is 19.6 Å². The fourth-order valence-electron chi connectivity index (χ4n) is 5.89. The molecule has 0 spiro atoms. The zero-order chi connectivity index (χ0) is 28.6. The highest BCUT2D eigenvalue weighted by Crippen LogP contribution is 2.34.